The Labute approximate surface area is 292 Å². The molecular formula is C39H44ClN5O4. The number of H-pyrrole nitrogens is 1. The summed E-state index contributed by atoms with van der Waals surface area (Å²) in [6.07, 6.45) is 6.07. The Hall–Kier alpha value is -4.60. The molecule has 2 aliphatic rings. The van der Waals surface area contributed by atoms with Crippen LogP contribution in [-0.2, 0) is 28.0 Å². The molecule has 0 radical (unpaired) electrons. The number of para-hydroxylation sites is 1. The predicted molar refractivity (Wildman–Crippen MR) is 192 cm³/mol. The highest BCUT2D eigenvalue weighted by molar-refractivity contribution is 6.30. The number of ether oxygens (including phenoxy) is 1. The molecule has 4 aromatic rings. The van der Waals surface area contributed by atoms with Crippen LogP contribution in [0, 0.1) is 0 Å². The molecule has 2 fully saturated rings. The number of urea groups is 1. The second-order valence-electron chi connectivity index (χ2n) is 13.4. The van der Waals surface area contributed by atoms with E-state index in [4.69, 9.17) is 16.3 Å². The lowest BCUT2D eigenvalue weighted by Gasteiger charge is -2.40. The molecule has 0 spiro atoms. The first-order chi connectivity index (χ1) is 23.7. The number of carbonyl (C=O) groups excluding carboxylic acids is 3. The Morgan fingerprint density at radius 3 is 2.57 bits per heavy atom. The average molecular weight is 682 g/mol. The normalized spacial score (nSPS) is 18.3. The summed E-state index contributed by atoms with van der Waals surface area (Å²) in [6.45, 7) is 9.25. The summed E-state index contributed by atoms with van der Waals surface area (Å²) in [5.41, 5.74) is 3.38. The van der Waals surface area contributed by atoms with E-state index < -0.39 is 11.5 Å². The van der Waals surface area contributed by atoms with Crippen molar-refractivity contribution in [3.63, 3.8) is 0 Å². The van der Waals surface area contributed by atoms with Gasteiger partial charge in [0, 0.05) is 66.2 Å². The summed E-state index contributed by atoms with van der Waals surface area (Å²) < 4.78 is 5.66. The molecule has 2 aliphatic heterocycles. The summed E-state index contributed by atoms with van der Waals surface area (Å²) in [4.78, 5) is 48.9. The zero-order valence-corrected chi connectivity index (χ0v) is 28.7. The van der Waals surface area contributed by atoms with E-state index in [1.165, 1.54) is 4.90 Å². The van der Waals surface area contributed by atoms with E-state index in [0.717, 1.165) is 60.1 Å². The van der Waals surface area contributed by atoms with Gasteiger partial charge in [-0.2, -0.15) is 0 Å². The van der Waals surface area contributed by atoms with E-state index in [1.54, 1.807) is 11.0 Å². The Morgan fingerprint density at radius 1 is 1.06 bits per heavy atom. The van der Waals surface area contributed by atoms with Gasteiger partial charge < -0.3 is 24.8 Å². The molecule has 3 aromatic carbocycles. The summed E-state index contributed by atoms with van der Waals surface area (Å²) >= 11 is 6.46. The number of nitrogens with zero attached hydrogens (tertiary/aromatic N) is 3. The van der Waals surface area contributed by atoms with Gasteiger partial charge in [-0.05, 0) is 60.7 Å². The maximum Gasteiger partial charge on any atom is 0.410 e. The number of rotatable bonds is 13. The van der Waals surface area contributed by atoms with Crippen LogP contribution in [0.4, 0.5) is 9.59 Å². The molecule has 0 saturated carbocycles. The fourth-order valence-corrected chi connectivity index (χ4v) is 7.28. The van der Waals surface area contributed by atoms with Crippen molar-refractivity contribution in [2.45, 2.75) is 56.7 Å². The number of hydrogen-bond acceptors (Lipinski definition) is 5. The van der Waals surface area contributed by atoms with E-state index in [-0.39, 0.29) is 37.2 Å². The number of hydrogen-bond donors (Lipinski definition) is 2. The van der Waals surface area contributed by atoms with Gasteiger partial charge in [0.05, 0.1) is 0 Å². The SMILES string of the molecule is C=CCN(C(=O)OCc1ccccc1)C1CCN(CCC(C)(CN2C(=O)N[C@H](Cc3c[nH]c4ccccc34)C2=O)c2cccc(Cl)c2)CC1. The summed E-state index contributed by atoms with van der Waals surface area (Å²) in [5, 5.41) is 4.60. The van der Waals surface area contributed by atoms with E-state index in [9.17, 15) is 14.4 Å². The number of likely N-dealkylation sites (tertiary alicyclic amines) is 1. The molecule has 1 aromatic heterocycles. The van der Waals surface area contributed by atoms with E-state index in [2.05, 4.69) is 28.7 Å². The van der Waals surface area contributed by atoms with E-state index >= 15 is 0 Å². The van der Waals surface area contributed by atoms with Gasteiger partial charge in [0.1, 0.15) is 12.6 Å². The van der Waals surface area contributed by atoms with Crippen LogP contribution in [0.25, 0.3) is 10.9 Å². The minimum atomic E-state index is -0.632. The Kier molecular flexibility index (Phi) is 10.7. The molecule has 256 valence electrons. The zero-order valence-electron chi connectivity index (χ0n) is 27.9. The monoisotopic (exact) mass is 681 g/mol. The van der Waals surface area contributed by atoms with Gasteiger partial charge in [-0.15, -0.1) is 6.58 Å². The third-order valence-electron chi connectivity index (χ3n) is 9.98. The number of carbonyl (C=O) groups is 3. The van der Waals surface area contributed by atoms with Crippen LogP contribution < -0.4 is 5.32 Å². The number of halogens is 1. The van der Waals surface area contributed by atoms with Crippen molar-refractivity contribution < 1.29 is 19.1 Å². The third-order valence-corrected chi connectivity index (χ3v) is 10.2. The molecule has 0 aliphatic carbocycles. The molecule has 6 rings (SSSR count). The van der Waals surface area contributed by atoms with Crippen LogP contribution in [0.1, 0.15) is 42.9 Å². The number of piperidine rings is 1. The third kappa shape index (κ3) is 8.00. The fraction of sp³-hybridized carbons (Fsp3) is 0.359. The van der Waals surface area contributed by atoms with Crippen molar-refractivity contribution in [1.29, 1.82) is 0 Å². The first-order valence-corrected chi connectivity index (χ1v) is 17.4. The average Bonchev–Trinajstić information content (AvgIpc) is 3.65. The van der Waals surface area contributed by atoms with Crippen LogP contribution in [0.5, 0.6) is 0 Å². The Bertz CT molecular complexity index is 1790. The number of amides is 4. The number of imide groups is 1. The van der Waals surface area contributed by atoms with Crippen LogP contribution in [0.3, 0.4) is 0 Å². The highest BCUT2D eigenvalue weighted by atomic mass is 35.5. The molecule has 2 saturated heterocycles. The van der Waals surface area contributed by atoms with E-state index in [0.29, 0.717) is 24.4 Å². The Morgan fingerprint density at radius 2 is 1.82 bits per heavy atom. The van der Waals surface area contributed by atoms with Gasteiger partial charge in [0.2, 0.25) is 0 Å². The van der Waals surface area contributed by atoms with Crippen molar-refractivity contribution in [2.24, 2.45) is 0 Å². The largest absolute Gasteiger partial charge is 0.445 e. The van der Waals surface area contributed by atoms with Crippen molar-refractivity contribution in [1.82, 2.24) is 25.0 Å². The van der Waals surface area contributed by atoms with Gasteiger partial charge in [-0.1, -0.05) is 85.3 Å². The molecule has 0 bridgehead atoms. The second kappa shape index (κ2) is 15.3. The first kappa shape index (κ1) is 34.3. The van der Waals surface area contributed by atoms with E-state index in [1.807, 2.05) is 85.1 Å². The second-order valence-corrected chi connectivity index (χ2v) is 13.8. The lowest BCUT2D eigenvalue weighted by Crippen LogP contribution is -2.49. The molecule has 10 heteroatoms. The minimum absolute atomic E-state index is 0.0526. The van der Waals surface area contributed by atoms with Crippen molar-refractivity contribution in [3.8, 4) is 0 Å². The maximum absolute atomic E-state index is 13.7. The lowest BCUT2D eigenvalue weighted by atomic mass is 9.78. The molecule has 3 heterocycles. The zero-order chi connectivity index (χ0) is 34.4. The number of fused-ring (bicyclic) bond motifs is 1. The van der Waals surface area contributed by atoms with Gasteiger partial charge >= 0.3 is 12.1 Å². The van der Waals surface area contributed by atoms with Crippen LogP contribution in [0.2, 0.25) is 5.02 Å². The number of aromatic nitrogens is 1. The minimum Gasteiger partial charge on any atom is -0.445 e. The molecular weight excluding hydrogens is 638 g/mol. The highest BCUT2D eigenvalue weighted by Crippen LogP contribution is 2.33. The highest BCUT2D eigenvalue weighted by Gasteiger charge is 2.43. The standard InChI is InChI=1S/C39H44ClN5O4/c1-3-19-44(38(48)49-26-28-10-5-4-6-11-28)32-16-20-43(21-17-32)22-18-39(2,30-12-9-13-31(40)24-30)27-45-36(46)35(42-37(45)47)23-29-25-41-34-15-8-7-14-33(29)34/h3-15,24-25,32,35,41H,1,16-23,26-27H2,2H3,(H,42,47)/t35-,39?/m1/s1. The smallest absolute Gasteiger partial charge is 0.410 e. The predicted octanol–water partition coefficient (Wildman–Crippen LogP) is 6.92. The lowest BCUT2D eigenvalue weighted by molar-refractivity contribution is -0.128. The van der Waals surface area contributed by atoms with Crippen molar-refractivity contribution in [3.05, 3.63) is 119 Å². The number of benzene rings is 3. The topological polar surface area (TPSA) is 98.0 Å². The summed E-state index contributed by atoms with van der Waals surface area (Å²) in [5.74, 6) is -0.217. The van der Waals surface area contributed by atoms with Crippen molar-refractivity contribution in [2.75, 3.05) is 32.7 Å². The van der Waals surface area contributed by atoms with Crippen LogP contribution in [0.15, 0.2) is 97.7 Å². The summed E-state index contributed by atoms with van der Waals surface area (Å²) in [7, 11) is 0. The number of nitrogens with one attached hydrogen (secondary N) is 2. The molecule has 2 atom stereocenters. The number of aromatic amines is 1. The van der Waals surface area contributed by atoms with Gasteiger partial charge in [0.25, 0.3) is 5.91 Å². The van der Waals surface area contributed by atoms with Crippen LogP contribution in [-0.4, -0.2) is 82.5 Å². The van der Waals surface area contributed by atoms with Gasteiger partial charge in [0.15, 0.2) is 0 Å². The molecule has 4 amide bonds. The van der Waals surface area contributed by atoms with Crippen LogP contribution >= 0.6 is 11.6 Å². The Balaban J connectivity index is 1.09. The molecule has 9 nitrogen and oxygen atoms in total. The summed E-state index contributed by atoms with van der Waals surface area (Å²) in [6, 6.07) is 24.4. The molecule has 2 N–H and O–H groups in total. The molecule has 1 unspecified atom stereocenters. The first-order valence-electron chi connectivity index (χ1n) is 17.0. The van der Waals surface area contributed by atoms with Gasteiger partial charge in [-0.25, -0.2) is 9.59 Å². The van der Waals surface area contributed by atoms with Crippen molar-refractivity contribution >= 4 is 40.5 Å². The van der Waals surface area contributed by atoms with Gasteiger partial charge in [-0.3, -0.25) is 9.69 Å². The fourth-order valence-electron chi connectivity index (χ4n) is 7.09. The maximum atomic E-state index is 13.7. The quantitative estimate of drug-likeness (QED) is 0.118. The molecule has 49 heavy (non-hydrogen) atoms.